The fourth-order valence-electron chi connectivity index (χ4n) is 1.21. The Balaban J connectivity index is 2.58. The fraction of sp³-hybridized carbons (Fsp3) is 0.545. The molecule has 0 N–H and O–H groups in total. The van der Waals surface area contributed by atoms with Crippen LogP contribution in [0.3, 0.4) is 0 Å². The summed E-state index contributed by atoms with van der Waals surface area (Å²) < 4.78 is 0. The Kier molecular flexibility index (Phi) is 4.16. The summed E-state index contributed by atoms with van der Waals surface area (Å²) >= 11 is 1.58. The first-order chi connectivity index (χ1) is 6.27. The molecule has 1 nitrogen and oxygen atoms in total. The highest BCUT2D eigenvalue weighted by molar-refractivity contribution is 7.12. The van der Waals surface area contributed by atoms with Gasteiger partial charge in [0.15, 0.2) is 5.78 Å². The van der Waals surface area contributed by atoms with Crippen LogP contribution in [0.4, 0.5) is 0 Å². The standard InChI is InChI=1S/C11H16OS/c1-3-5-6-9-7-11(13-8-9)10(12)4-2/h7-8H,3-6H2,1-2H3. The van der Waals surface area contributed by atoms with Gasteiger partial charge in [-0.2, -0.15) is 0 Å². The number of ketones is 1. The smallest absolute Gasteiger partial charge is 0.172 e. The summed E-state index contributed by atoms with van der Waals surface area (Å²) in [5, 5.41) is 2.11. The number of Topliss-reactive ketones (excluding diaryl/α,β-unsaturated/α-hetero) is 1. The van der Waals surface area contributed by atoms with Crippen molar-refractivity contribution in [3.63, 3.8) is 0 Å². The predicted molar refractivity (Wildman–Crippen MR) is 57.6 cm³/mol. The van der Waals surface area contributed by atoms with Gasteiger partial charge in [-0.1, -0.05) is 20.3 Å². The van der Waals surface area contributed by atoms with E-state index < -0.39 is 0 Å². The van der Waals surface area contributed by atoms with Gasteiger partial charge in [-0.25, -0.2) is 0 Å². The van der Waals surface area contributed by atoms with Crippen molar-refractivity contribution < 1.29 is 4.79 Å². The Labute approximate surface area is 83.8 Å². The van der Waals surface area contributed by atoms with E-state index in [4.69, 9.17) is 0 Å². The third-order valence-corrected chi connectivity index (χ3v) is 3.09. The normalized spacial score (nSPS) is 10.3. The van der Waals surface area contributed by atoms with E-state index in [0.717, 1.165) is 11.3 Å². The average Bonchev–Trinajstić information content (AvgIpc) is 2.62. The van der Waals surface area contributed by atoms with Crippen LogP contribution < -0.4 is 0 Å². The van der Waals surface area contributed by atoms with E-state index in [0.29, 0.717) is 6.42 Å². The predicted octanol–water partition coefficient (Wildman–Crippen LogP) is 3.68. The zero-order valence-corrected chi connectivity index (χ0v) is 9.12. The molecule has 0 saturated carbocycles. The molecule has 0 saturated heterocycles. The minimum absolute atomic E-state index is 0.271. The Morgan fingerprint density at radius 1 is 1.46 bits per heavy atom. The van der Waals surface area contributed by atoms with Crippen LogP contribution in [-0.4, -0.2) is 5.78 Å². The molecule has 1 aromatic heterocycles. The largest absolute Gasteiger partial charge is 0.293 e. The topological polar surface area (TPSA) is 17.1 Å². The number of rotatable bonds is 5. The summed E-state index contributed by atoms with van der Waals surface area (Å²) in [6.07, 6.45) is 4.17. The van der Waals surface area contributed by atoms with E-state index in [2.05, 4.69) is 12.3 Å². The number of unbranched alkanes of at least 4 members (excludes halogenated alkanes) is 1. The van der Waals surface area contributed by atoms with Crippen molar-refractivity contribution in [2.75, 3.05) is 0 Å². The Morgan fingerprint density at radius 3 is 2.85 bits per heavy atom. The third-order valence-electron chi connectivity index (χ3n) is 2.07. The first kappa shape index (κ1) is 10.5. The molecule has 1 heterocycles. The molecular formula is C11H16OS. The van der Waals surface area contributed by atoms with E-state index in [9.17, 15) is 4.79 Å². The second kappa shape index (κ2) is 5.18. The van der Waals surface area contributed by atoms with E-state index in [-0.39, 0.29) is 5.78 Å². The fourth-order valence-corrected chi connectivity index (χ4v) is 2.17. The monoisotopic (exact) mass is 196 g/mol. The molecular weight excluding hydrogens is 180 g/mol. The SMILES string of the molecule is CCCCc1csc(C(=O)CC)c1. The summed E-state index contributed by atoms with van der Waals surface area (Å²) in [6.45, 7) is 4.10. The van der Waals surface area contributed by atoms with Crippen LogP contribution >= 0.6 is 11.3 Å². The molecule has 1 rings (SSSR count). The highest BCUT2D eigenvalue weighted by Crippen LogP contribution is 2.18. The number of hydrogen-bond acceptors (Lipinski definition) is 2. The highest BCUT2D eigenvalue weighted by Gasteiger charge is 2.05. The Bertz CT molecular complexity index is 275. The summed E-state index contributed by atoms with van der Waals surface area (Å²) in [7, 11) is 0. The van der Waals surface area contributed by atoms with Crippen molar-refractivity contribution in [1.29, 1.82) is 0 Å². The molecule has 0 bridgehead atoms. The molecule has 0 aliphatic heterocycles. The number of aryl methyl sites for hydroxylation is 1. The van der Waals surface area contributed by atoms with Gasteiger partial charge in [0.2, 0.25) is 0 Å². The minimum atomic E-state index is 0.271. The van der Waals surface area contributed by atoms with Crippen molar-refractivity contribution in [3.8, 4) is 0 Å². The number of hydrogen-bond donors (Lipinski definition) is 0. The van der Waals surface area contributed by atoms with E-state index in [1.54, 1.807) is 11.3 Å². The van der Waals surface area contributed by atoms with Crippen LogP contribution in [0.25, 0.3) is 0 Å². The molecule has 0 amide bonds. The van der Waals surface area contributed by atoms with Gasteiger partial charge in [-0.05, 0) is 29.9 Å². The van der Waals surface area contributed by atoms with Gasteiger partial charge in [-0.15, -0.1) is 11.3 Å². The first-order valence-electron chi connectivity index (χ1n) is 4.88. The Morgan fingerprint density at radius 2 is 2.23 bits per heavy atom. The molecule has 0 aliphatic carbocycles. The first-order valence-corrected chi connectivity index (χ1v) is 5.76. The molecule has 0 fully saturated rings. The minimum Gasteiger partial charge on any atom is -0.293 e. The molecule has 0 aromatic carbocycles. The molecule has 0 atom stereocenters. The van der Waals surface area contributed by atoms with Gasteiger partial charge in [0.05, 0.1) is 4.88 Å². The van der Waals surface area contributed by atoms with E-state index >= 15 is 0 Å². The summed E-state index contributed by atoms with van der Waals surface area (Å²) in [6, 6.07) is 2.05. The van der Waals surface area contributed by atoms with Gasteiger partial charge in [-0.3, -0.25) is 4.79 Å². The van der Waals surface area contributed by atoms with Crippen molar-refractivity contribution in [2.24, 2.45) is 0 Å². The highest BCUT2D eigenvalue weighted by atomic mass is 32.1. The number of carbonyl (C=O) groups excluding carboxylic acids is 1. The van der Waals surface area contributed by atoms with Crippen molar-refractivity contribution in [2.45, 2.75) is 39.5 Å². The lowest BCUT2D eigenvalue weighted by Gasteiger charge is -1.92. The van der Waals surface area contributed by atoms with Crippen LogP contribution in [0.1, 0.15) is 48.3 Å². The van der Waals surface area contributed by atoms with Crippen LogP contribution in [0, 0.1) is 0 Å². The zero-order valence-electron chi connectivity index (χ0n) is 8.30. The van der Waals surface area contributed by atoms with E-state index in [1.807, 2.05) is 13.0 Å². The molecule has 0 unspecified atom stereocenters. The molecule has 2 heteroatoms. The van der Waals surface area contributed by atoms with Gasteiger partial charge < -0.3 is 0 Å². The molecule has 13 heavy (non-hydrogen) atoms. The number of thiophene rings is 1. The van der Waals surface area contributed by atoms with Crippen molar-refractivity contribution >= 4 is 17.1 Å². The van der Waals surface area contributed by atoms with Crippen molar-refractivity contribution in [3.05, 3.63) is 21.9 Å². The molecule has 0 aliphatic rings. The second-order valence-corrected chi connectivity index (χ2v) is 4.11. The zero-order chi connectivity index (χ0) is 9.68. The molecule has 72 valence electrons. The summed E-state index contributed by atoms with van der Waals surface area (Å²) in [5.74, 6) is 0.271. The second-order valence-electron chi connectivity index (χ2n) is 3.20. The van der Waals surface area contributed by atoms with Gasteiger partial charge >= 0.3 is 0 Å². The molecule has 0 spiro atoms. The maximum absolute atomic E-state index is 11.3. The van der Waals surface area contributed by atoms with Crippen LogP contribution in [0.15, 0.2) is 11.4 Å². The van der Waals surface area contributed by atoms with Crippen LogP contribution in [0.2, 0.25) is 0 Å². The van der Waals surface area contributed by atoms with E-state index in [1.165, 1.54) is 18.4 Å². The van der Waals surface area contributed by atoms with Crippen LogP contribution in [0.5, 0.6) is 0 Å². The average molecular weight is 196 g/mol. The summed E-state index contributed by atoms with van der Waals surface area (Å²) in [5.41, 5.74) is 1.32. The quantitative estimate of drug-likeness (QED) is 0.656. The Hall–Kier alpha value is -0.630. The van der Waals surface area contributed by atoms with Gasteiger partial charge in [0, 0.05) is 6.42 Å². The van der Waals surface area contributed by atoms with Crippen molar-refractivity contribution in [1.82, 2.24) is 0 Å². The molecule has 1 aromatic rings. The lowest BCUT2D eigenvalue weighted by Crippen LogP contribution is -1.91. The van der Waals surface area contributed by atoms with Crippen LogP contribution in [-0.2, 0) is 6.42 Å². The number of carbonyl (C=O) groups is 1. The molecule has 0 radical (unpaired) electrons. The maximum Gasteiger partial charge on any atom is 0.172 e. The third kappa shape index (κ3) is 2.96. The van der Waals surface area contributed by atoms with Gasteiger partial charge in [0.1, 0.15) is 0 Å². The maximum atomic E-state index is 11.3. The lowest BCUT2D eigenvalue weighted by atomic mass is 10.1. The van der Waals surface area contributed by atoms with Gasteiger partial charge in [0.25, 0.3) is 0 Å². The lowest BCUT2D eigenvalue weighted by molar-refractivity contribution is 0.0992. The summed E-state index contributed by atoms with van der Waals surface area (Å²) in [4.78, 5) is 12.2.